The largest absolute Gasteiger partial charge is 0.329 e. The van der Waals surface area contributed by atoms with E-state index in [-0.39, 0.29) is 6.04 Å². The first kappa shape index (κ1) is 11.5. The summed E-state index contributed by atoms with van der Waals surface area (Å²) in [6.45, 7) is 4.82. The van der Waals surface area contributed by atoms with Gasteiger partial charge in [0.15, 0.2) is 0 Å². The molecule has 0 saturated carbocycles. The molecule has 0 saturated heterocycles. The van der Waals surface area contributed by atoms with Gasteiger partial charge in [0.25, 0.3) is 0 Å². The number of hydrogen-bond acceptors (Lipinski definition) is 2. The molecule has 0 aliphatic heterocycles. The van der Waals surface area contributed by atoms with Gasteiger partial charge in [-0.05, 0) is 31.5 Å². The van der Waals surface area contributed by atoms with Crippen molar-refractivity contribution in [1.82, 2.24) is 5.32 Å². The Labute approximate surface area is 90.4 Å². The first-order valence-electron chi connectivity index (χ1n) is 4.85. The van der Waals surface area contributed by atoms with Gasteiger partial charge in [0, 0.05) is 23.7 Å². The van der Waals surface area contributed by atoms with E-state index in [4.69, 9.17) is 17.3 Å². The molecular weight excluding hydrogens is 196 g/mol. The van der Waals surface area contributed by atoms with Crippen LogP contribution in [0.15, 0.2) is 24.3 Å². The predicted octanol–water partition coefficient (Wildman–Crippen LogP) is 2.34. The van der Waals surface area contributed by atoms with Crippen molar-refractivity contribution in [2.45, 2.75) is 25.9 Å². The third-order valence-electron chi connectivity index (χ3n) is 2.24. The predicted molar refractivity (Wildman–Crippen MR) is 61.5 cm³/mol. The van der Waals surface area contributed by atoms with E-state index in [2.05, 4.69) is 25.2 Å². The summed E-state index contributed by atoms with van der Waals surface area (Å²) < 4.78 is 0. The molecule has 0 heterocycles. The zero-order chi connectivity index (χ0) is 10.6. The van der Waals surface area contributed by atoms with Crippen LogP contribution in [0.3, 0.4) is 0 Å². The highest BCUT2D eigenvalue weighted by atomic mass is 35.5. The number of rotatable bonds is 4. The molecule has 1 aromatic rings. The Bertz CT molecular complexity index is 288. The van der Waals surface area contributed by atoms with Crippen LogP contribution in [-0.4, -0.2) is 12.6 Å². The average Bonchev–Trinajstić information content (AvgIpc) is 2.17. The van der Waals surface area contributed by atoms with Crippen LogP contribution in [0.2, 0.25) is 5.02 Å². The summed E-state index contributed by atoms with van der Waals surface area (Å²) in [4.78, 5) is 0. The lowest BCUT2D eigenvalue weighted by Gasteiger charge is -2.19. The van der Waals surface area contributed by atoms with Crippen molar-refractivity contribution >= 4 is 11.6 Å². The molecule has 0 aliphatic rings. The van der Waals surface area contributed by atoms with Gasteiger partial charge in [-0.25, -0.2) is 0 Å². The van der Waals surface area contributed by atoms with E-state index in [1.807, 2.05) is 18.2 Å². The monoisotopic (exact) mass is 212 g/mol. The summed E-state index contributed by atoms with van der Waals surface area (Å²) >= 11 is 5.91. The summed E-state index contributed by atoms with van der Waals surface area (Å²) in [6, 6.07) is 8.48. The van der Waals surface area contributed by atoms with Crippen LogP contribution in [0.1, 0.15) is 25.5 Å². The smallest absolute Gasteiger partial charge is 0.0409 e. The highest BCUT2D eigenvalue weighted by Crippen LogP contribution is 2.17. The van der Waals surface area contributed by atoms with Crippen LogP contribution in [-0.2, 0) is 0 Å². The third kappa shape index (κ3) is 3.29. The van der Waals surface area contributed by atoms with Crippen LogP contribution in [0.25, 0.3) is 0 Å². The highest BCUT2D eigenvalue weighted by molar-refractivity contribution is 6.30. The minimum atomic E-state index is 0.284. The zero-order valence-electron chi connectivity index (χ0n) is 8.63. The molecule has 2 atom stereocenters. The van der Waals surface area contributed by atoms with E-state index < -0.39 is 0 Å². The summed E-state index contributed by atoms with van der Waals surface area (Å²) in [6.07, 6.45) is 0. The maximum atomic E-state index is 5.91. The molecule has 0 spiro atoms. The van der Waals surface area contributed by atoms with Crippen LogP contribution < -0.4 is 11.1 Å². The molecule has 0 aliphatic carbocycles. The number of hydrogen-bond donors (Lipinski definition) is 2. The van der Waals surface area contributed by atoms with E-state index in [0.29, 0.717) is 12.6 Å². The van der Waals surface area contributed by atoms with E-state index in [1.165, 1.54) is 5.56 Å². The maximum Gasteiger partial charge on any atom is 0.0409 e. The molecule has 14 heavy (non-hydrogen) atoms. The number of nitrogens with one attached hydrogen (secondary N) is 1. The molecule has 0 bridgehead atoms. The summed E-state index contributed by atoms with van der Waals surface area (Å²) in [5.41, 5.74) is 6.73. The second-order valence-corrected chi connectivity index (χ2v) is 4.02. The van der Waals surface area contributed by atoms with Crippen LogP contribution in [0.5, 0.6) is 0 Å². The average molecular weight is 213 g/mol. The zero-order valence-corrected chi connectivity index (χ0v) is 9.38. The van der Waals surface area contributed by atoms with Gasteiger partial charge in [0.05, 0.1) is 0 Å². The van der Waals surface area contributed by atoms with E-state index in [0.717, 1.165) is 5.02 Å². The highest BCUT2D eigenvalue weighted by Gasteiger charge is 2.07. The molecule has 0 fully saturated rings. The number of nitrogens with two attached hydrogens (primary N) is 1. The summed E-state index contributed by atoms with van der Waals surface area (Å²) in [5.74, 6) is 0. The lowest BCUT2D eigenvalue weighted by Crippen LogP contribution is -2.34. The van der Waals surface area contributed by atoms with Gasteiger partial charge in [-0.2, -0.15) is 0 Å². The third-order valence-corrected chi connectivity index (χ3v) is 2.47. The van der Waals surface area contributed by atoms with Crippen molar-refractivity contribution < 1.29 is 0 Å². The normalized spacial score (nSPS) is 15.1. The summed E-state index contributed by atoms with van der Waals surface area (Å²) in [7, 11) is 0. The first-order valence-corrected chi connectivity index (χ1v) is 5.23. The Balaban J connectivity index is 2.64. The first-order chi connectivity index (χ1) is 6.63. The van der Waals surface area contributed by atoms with Crippen molar-refractivity contribution in [3.05, 3.63) is 34.9 Å². The van der Waals surface area contributed by atoms with Gasteiger partial charge < -0.3 is 11.1 Å². The van der Waals surface area contributed by atoms with Gasteiger partial charge >= 0.3 is 0 Å². The SMILES string of the molecule is CC(CN)NC(C)c1cccc(Cl)c1. The quantitative estimate of drug-likeness (QED) is 0.804. The number of benzene rings is 1. The maximum absolute atomic E-state index is 5.91. The van der Waals surface area contributed by atoms with Crippen molar-refractivity contribution in [1.29, 1.82) is 0 Å². The van der Waals surface area contributed by atoms with Crippen molar-refractivity contribution in [3.63, 3.8) is 0 Å². The topological polar surface area (TPSA) is 38.0 Å². The molecule has 2 nitrogen and oxygen atoms in total. The van der Waals surface area contributed by atoms with E-state index >= 15 is 0 Å². The minimum absolute atomic E-state index is 0.284. The van der Waals surface area contributed by atoms with E-state index in [1.54, 1.807) is 0 Å². The van der Waals surface area contributed by atoms with Crippen molar-refractivity contribution in [2.75, 3.05) is 6.54 Å². The molecule has 0 radical (unpaired) electrons. The Kier molecular flexibility index (Phi) is 4.39. The molecular formula is C11H17ClN2. The molecule has 2 unspecified atom stereocenters. The van der Waals surface area contributed by atoms with Gasteiger partial charge in [-0.3, -0.25) is 0 Å². The molecule has 78 valence electrons. The molecule has 3 N–H and O–H groups in total. The Hall–Kier alpha value is -0.570. The molecule has 1 rings (SSSR count). The van der Waals surface area contributed by atoms with Crippen LogP contribution >= 0.6 is 11.6 Å². The van der Waals surface area contributed by atoms with Crippen LogP contribution in [0.4, 0.5) is 0 Å². The van der Waals surface area contributed by atoms with Gasteiger partial charge in [0.1, 0.15) is 0 Å². The number of halogens is 1. The fraction of sp³-hybridized carbons (Fsp3) is 0.455. The van der Waals surface area contributed by atoms with Gasteiger partial charge in [-0.15, -0.1) is 0 Å². The standard InChI is InChI=1S/C11H17ClN2/c1-8(7-13)14-9(2)10-4-3-5-11(12)6-10/h3-6,8-9,14H,7,13H2,1-2H3. The van der Waals surface area contributed by atoms with Gasteiger partial charge in [-0.1, -0.05) is 23.7 Å². The lowest BCUT2D eigenvalue weighted by molar-refractivity contribution is 0.485. The molecule has 3 heteroatoms. The molecule has 0 aromatic heterocycles. The van der Waals surface area contributed by atoms with Crippen molar-refractivity contribution in [2.24, 2.45) is 5.73 Å². The second kappa shape index (κ2) is 5.35. The van der Waals surface area contributed by atoms with Crippen LogP contribution in [0, 0.1) is 0 Å². The second-order valence-electron chi connectivity index (χ2n) is 3.58. The lowest BCUT2D eigenvalue weighted by atomic mass is 10.1. The van der Waals surface area contributed by atoms with E-state index in [9.17, 15) is 0 Å². The fourth-order valence-corrected chi connectivity index (χ4v) is 1.57. The Morgan fingerprint density at radius 3 is 2.71 bits per heavy atom. The Morgan fingerprint density at radius 1 is 1.43 bits per heavy atom. The summed E-state index contributed by atoms with van der Waals surface area (Å²) in [5, 5.41) is 4.16. The van der Waals surface area contributed by atoms with Gasteiger partial charge in [0.2, 0.25) is 0 Å². The minimum Gasteiger partial charge on any atom is -0.329 e. The fourth-order valence-electron chi connectivity index (χ4n) is 1.37. The van der Waals surface area contributed by atoms with Crippen molar-refractivity contribution in [3.8, 4) is 0 Å². The Morgan fingerprint density at radius 2 is 2.14 bits per heavy atom. The molecule has 1 aromatic carbocycles. The molecule has 0 amide bonds.